The summed E-state index contributed by atoms with van der Waals surface area (Å²) < 4.78 is 2.36. The van der Waals surface area contributed by atoms with Crippen LogP contribution < -0.4 is 16.4 Å². The van der Waals surface area contributed by atoms with E-state index in [-0.39, 0.29) is 5.92 Å². The molecule has 1 atom stereocenters. The van der Waals surface area contributed by atoms with Gasteiger partial charge in [0.05, 0.1) is 12.4 Å². The smallest absolute Gasteiger partial charge is 0.0650 e. The van der Waals surface area contributed by atoms with Crippen molar-refractivity contribution < 1.29 is 0 Å². The van der Waals surface area contributed by atoms with E-state index in [1.54, 1.807) is 0 Å². The number of allylic oxidation sites excluding steroid dienone is 8. The van der Waals surface area contributed by atoms with Crippen molar-refractivity contribution >= 4 is 29.6 Å². The first-order valence-corrected chi connectivity index (χ1v) is 20.0. The van der Waals surface area contributed by atoms with Gasteiger partial charge in [-0.05, 0) is 96.1 Å². The summed E-state index contributed by atoms with van der Waals surface area (Å²) in [5.74, 6) is 0.0469. The number of anilines is 1. The van der Waals surface area contributed by atoms with E-state index in [4.69, 9.17) is 5.73 Å². The van der Waals surface area contributed by atoms with Gasteiger partial charge in [-0.15, -0.1) is 0 Å². The second kappa shape index (κ2) is 23.0. The molecule has 1 heterocycles. The lowest BCUT2D eigenvalue weighted by Gasteiger charge is -2.20. The van der Waals surface area contributed by atoms with E-state index in [1.807, 2.05) is 77.2 Å². The van der Waals surface area contributed by atoms with E-state index in [2.05, 4.69) is 156 Å². The Balaban J connectivity index is 0.00000169. The van der Waals surface area contributed by atoms with Crippen LogP contribution in [0.3, 0.4) is 0 Å². The Bertz CT molecular complexity index is 2120. The van der Waals surface area contributed by atoms with Crippen molar-refractivity contribution in [2.45, 2.75) is 52.9 Å². The number of para-hydroxylation sites is 1. The molecule has 0 saturated carbocycles. The van der Waals surface area contributed by atoms with Crippen LogP contribution in [0.2, 0.25) is 0 Å². The van der Waals surface area contributed by atoms with Crippen molar-refractivity contribution in [1.29, 1.82) is 0 Å². The third-order valence-corrected chi connectivity index (χ3v) is 9.38. The number of benzene rings is 4. The van der Waals surface area contributed by atoms with Crippen LogP contribution in [0.25, 0.3) is 29.6 Å². The van der Waals surface area contributed by atoms with Gasteiger partial charge in [0.1, 0.15) is 0 Å². The van der Waals surface area contributed by atoms with Gasteiger partial charge in [-0.25, -0.2) is 0 Å². The highest BCUT2D eigenvalue weighted by molar-refractivity contribution is 5.76. The molecule has 4 aromatic carbocycles. The molecule has 5 aromatic rings. The number of hydrogen-bond acceptors (Lipinski definition) is 3. The van der Waals surface area contributed by atoms with Crippen LogP contribution in [0, 0.1) is 0 Å². The first kappa shape index (κ1) is 42.6. The molecule has 1 unspecified atom stereocenters. The number of fused-ring (bicyclic) bond motifs is 1. The standard InChI is InChI=1S/C48H48N4.2C2H6/c1-4-42-43-25-15-17-27-47(43)52(48(42)33-28-36(2)18-8-5-11-21-39-22-14-16-26-45(39)49)41-31-29-38(30-32-41)44(37-19-9-6-10-20-37)34-46(51-35-50-3)40-23-12-7-13-24-40;2*1-2/h4-14,16-20,22-24,26-34,44,50-51H,1-2,15,21,25,35,49H2,3H3;2*1-2H3/b11-5-,18-8-,33-28-,46-34-;;. The molecule has 4 heteroatoms. The van der Waals surface area contributed by atoms with Crippen molar-refractivity contribution in [2.75, 3.05) is 19.5 Å². The summed E-state index contributed by atoms with van der Waals surface area (Å²) in [5.41, 5.74) is 19.6. The minimum absolute atomic E-state index is 0.0469. The van der Waals surface area contributed by atoms with E-state index in [0.29, 0.717) is 6.67 Å². The van der Waals surface area contributed by atoms with Gasteiger partial charge in [0.2, 0.25) is 0 Å². The third-order valence-electron chi connectivity index (χ3n) is 9.38. The van der Waals surface area contributed by atoms with Crippen LogP contribution in [-0.4, -0.2) is 18.3 Å². The van der Waals surface area contributed by atoms with Gasteiger partial charge < -0.3 is 20.9 Å². The third kappa shape index (κ3) is 11.2. The van der Waals surface area contributed by atoms with Gasteiger partial charge in [0.25, 0.3) is 0 Å². The molecular weight excluding hydrogens is 681 g/mol. The molecule has 0 radical (unpaired) electrons. The summed E-state index contributed by atoms with van der Waals surface area (Å²) in [6, 6.07) is 38.2. The first-order valence-electron chi connectivity index (χ1n) is 20.0. The molecule has 1 aliphatic carbocycles. The van der Waals surface area contributed by atoms with Gasteiger partial charge in [0, 0.05) is 34.2 Å². The molecule has 1 aliphatic rings. The molecule has 0 spiro atoms. The first-order chi connectivity index (χ1) is 27.6. The van der Waals surface area contributed by atoms with Crippen molar-refractivity contribution in [3.8, 4) is 5.69 Å². The number of aromatic nitrogens is 1. The predicted octanol–water partition coefficient (Wildman–Crippen LogP) is 12.6. The van der Waals surface area contributed by atoms with Crippen molar-refractivity contribution in [3.05, 3.63) is 215 Å². The second-order valence-electron chi connectivity index (χ2n) is 12.9. The molecule has 0 bridgehead atoms. The molecule has 4 N–H and O–H groups in total. The number of nitrogens with one attached hydrogen (secondary N) is 2. The van der Waals surface area contributed by atoms with Crippen LogP contribution in [-0.2, 0) is 12.8 Å². The molecule has 56 heavy (non-hydrogen) atoms. The summed E-state index contributed by atoms with van der Waals surface area (Å²) in [6.45, 7) is 17.2. The molecule has 0 saturated heterocycles. The van der Waals surface area contributed by atoms with Crippen LogP contribution >= 0.6 is 0 Å². The van der Waals surface area contributed by atoms with Crippen LogP contribution in [0.1, 0.15) is 84.8 Å². The monoisotopic (exact) mass is 740 g/mol. The number of rotatable bonds is 15. The Kier molecular flexibility index (Phi) is 17.5. The van der Waals surface area contributed by atoms with Crippen LogP contribution in [0.5, 0.6) is 0 Å². The summed E-state index contributed by atoms with van der Waals surface area (Å²) in [5, 5.41) is 6.83. The predicted molar refractivity (Wildman–Crippen MR) is 247 cm³/mol. The maximum atomic E-state index is 6.09. The van der Waals surface area contributed by atoms with Gasteiger partial charge >= 0.3 is 0 Å². The van der Waals surface area contributed by atoms with Crippen molar-refractivity contribution in [1.82, 2.24) is 15.2 Å². The van der Waals surface area contributed by atoms with Gasteiger partial charge in [0.15, 0.2) is 0 Å². The van der Waals surface area contributed by atoms with E-state index in [1.165, 1.54) is 27.9 Å². The molecule has 0 fully saturated rings. The molecule has 0 amide bonds. The lowest BCUT2D eigenvalue weighted by atomic mass is 9.89. The highest BCUT2D eigenvalue weighted by Gasteiger charge is 2.21. The lowest BCUT2D eigenvalue weighted by molar-refractivity contribution is 0.746. The summed E-state index contributed by atoms with van der Waals surface area (Å²) in [4.78, 5) is 0. The number of nitrogens with zero attached hydrogens (tertiary/aromatic N) is 1. The van der Waals surface area contributed by atoms with E-state index in [0.717, 1.165) is 58.7 Å². The largest absolute Gasteiger partial charge is 0.398 e. The normalized spacial score (nSPS) is 12.8. The molecule has 0 aliphatic heterocycles. The lowest BCUT2D eigenvalue weighted by Crippen LogP contribution is -2.25. The van der Waals surface area contributed by atoms with E-state index >= 15 is 0 Å². The van der Waals surface area contributed by atoms with Gasteiger partial charge in [-0.1, -0.05) is 174 Å². The Morgan fingerprint density at radius 2 is 1.48 bits per heavy atom. The van der Waals surface area contributed by atoms with Crippen molar-refractivity contribution in [3.63, 3.8) is 0 Å². The Morgan fingerprint density at radius 3 is 2.16 bits per heavy atom. The van der Waals surface area contributed by atoms with Crippen molar-refractivity contribution in [2.24, 2.45) is 0 Å². The second-order valence-corrected chi connectivity index (χ2v) is 12.9. The maximum absolute atomic E-state index is 6.09. The van der Waals surface area contributed by atoms with Crippen LogP contribution in [0.4, 0.5) is 5.69 Å². The summed E-state index contributed by atoms with van der Waals surface area (Å²) in [7, 11) is 1.95. The quantitative estimate of drug-likeness (QED) is 0.0569. The number of nitrogen functional groups attached to an aromatic ring is 1. The SMILES string of the molecule is C=Cc1c2c(n(-c3ccc(C(/C=C(\NCNC)c4ccccc4)c4ccccc4)cc3)c1/C=C\C(=C)/C=C\C=C/Cc1ccccc1N)C=CCC2.CC.CC. The zero-order valence-corrected chi connectivity index (χ0v) is 34.0. The molecular formula is C52H60N4. The summed E-state index contributed by atoms with van der Waals surface area (Å²) >= 11 is 0. The fraction of sp³-hybridized carbons (Fsp3) is 0.192. The minimum atomic E-state index is 0.0469. The van der Waals surface area contributed by atoms with Gasteiger partial charge in [-0.3, -0.25) is 0 Å². The average molecular weight is 741 g/mol. The van der Waals surface area contributed by atoms with E-state index in [9.17, 15) is 0 Å². The number of hydrogen-bond donors (Lipinski definition) is 3. The Labute approximate surface area is 336 Å². The summed E-state index contributed by atoms with van der Waals surface area (Å²) in [6.07, 6.45) is 24.1. The molecule has 6 rings (SSSR count). The Hall–Kier alpha value is -6.10. The zero-order chi connectivity index (χ0) is 40.1. The topological polar surface area (TPSA) is 55.0 Å². The molecule has 288 valence electrons. The fourth-order valence-electron chi connectivity index (χ4n) is 6.72. The highest BCUT2D eigenvalue weighted by Crippen LogP contribution is 2.35. The molecule has 4 nitrogen and oxygen atoms in total. The minimum Gasteiger partial charge on any atom is -0.398 e. The van der Waals surface area contributed by atoms with Crippen LogP contribution in [0.15, 0.2) is 170 Å². The average Bonchev–Trinajstić information content (AvgIpc) is 3.59. The highest BCUT2D eigenvalue weighted by atomic mass is 15.0. The van der Waals surface area contributed by atoms with E-state index < -0.39 is 0 Å². The number of nitrogens with two attached hydrogens (primary N) is 1. The van der Waals surface area contributed by atoms with Gasteiger partial charge in [-0.2, -0.15) is 0 Å². The fourth-order valence-corrected chi connectivity index (χ4v) is 6.72. The zero-order valence-electron chi connectivity index (χ0n) is 34.0. The Morgan fingerprint density at radius 1 is 0.821 bits per heavy atom. The molecule has 1 aromatic heterocycles. The maximum Gasteiger partial charge on any atom is 0.0650 e.